The molecule has 216 valence electrons. The van der Waals surface area contributed by atoms with E-state index in [9.17, 15) is 13.2 Å². The van der Waals surface area contributed by atoms with Crippen molar-refractivity contribution in [1.82, 2.24) is 29.4 Å². The highest BCUT2D eigenvalue weighted by molar-refractivity contribution is 5.85. The molecule has 42 heavy (non-hydrogen) atoms. The van der Waals surface area contributed by atoms with Gasteiger partial charge in [0.1, 0.15) is 5.52 Å². The summed E-state index contributed by atoms with van der Waals surface area (Å²) in [6.45, 7) is 3.15. The van der Waals surface area contributed by atoms with E-state index in [1.54, 1.807) is 25.7 Å². The number of benzene rings is 2. The number of hydrogen-bond donors (Lipinski definition) is 1. The van der Waals surface area contributed by atoms with Crippen LogP contribution in [0.5, 0.6) is 5.88 Å². The highest BCUT2D eigenvalue weighted by atomic mass is 19.4. The van der Waals surface area contributed by atoms with Crippen LogP contribution >= 0.6 is 0 Å². The molecule has 0 amide bonds. The Kier molecular flexibility index (Phi) is 7.75. The van der Waals surface area contributed by atoms with Gasteiger partial charge in [0.2, 0.25) is 5.88 Å². The van der Waals surface area contributed by atoms with Gasteiger partial charge in [0.05, 0.1) is 25.5 Å². The van der Waals surface area contributed by atoms with Gasteiger partial charge >= 0.3 is 6.18 Å². The van der Waals surface area contributed by atoms with E-state index in [0.29, 0.717) is 46.4 Å². The van der Waals surface area contributed by atoms with Gasteiger partial charge < -0.3 is 14.6 Å². The fourth-order valence-electron chi connectivity index (χ4n) is 5.19. The van der Waals surface area contributed by atoms with Crippen LogP contribution in [-0.2, 0) is 19.3 Å². The predicted molar refractivity (Wildman–Crippen MR) is 154 cm³/mol. The van der Waals surface area contributed by atoms with E-state index in [1.165, 1.54) is 17.7 Å². The first kappa shape index (κ1) is 27.6. The van der Waals surface area contributed by atoms with Crippen LogP contribution in [0.1, 0.15) is 29.5 Å². The molecular weight excluding hydrogens is 543 g/mol. The largest absolute Gasteiger partial charge is 0.481 e. The molecule has 5 aromatic rings. The minimum absolute atomic E-state index is 0.206. The zero-order valence-corrected chi connectivity index (χ0v) is 23.1. The Morgan fingerprint density at radius 2 is 1.62 bits per heavy atom. The minimum atomic E-state index is -4.38. The molecule has 8 nitrogen and oxygen atoms in total. The standard InChI is InChI=1S/C31H30F3N7O/c1-42-26-12-9-23(17-35-26)28-38-29(37-25-13-15-40(16-14-25)18-21-5-3-2-4-6-21)27-30(39-28)41(20-36-27)19-22-7-10-24(11-8-22)31(32,33)34/h2-12,17,20,25H,13-16,18-19H2,1H3,(H,37,38,39). The molecule has 1 saturated heterocycles. The molecule has 0 spiro atoms. The van der Waals surface area contributed by atoms with Crippen molar-refractivity contribution in [1.29, 1.82) is 0 Å². The van der Waals surface area contributed by atoms with Crippen LogP contribution in [0.15, 0.2) is 79.3 Å². The number of methoxy groups -OCH3 is 1. The molecule has 1 aliphatic rings. The summed E-state index contributed by atoms with van der Waals surface area (Å²) in [4.78, 5) is 21.0. The van der Waals surface area contributed by atoms with Gasteiger partial charge in [-0.2, -0.15) is 13.2 Å². The highest BCUT2D eigenvalue weighted by Crippen LogP contribution is 2.30. The highest BCUT2D eigenvalue weighted by Gasteiger charge is 2.30. The second kappa shape index (κ2) is 11.8. The molecule has 1 aliphatic heterocycles. The summed E-state index contributed by atoms with van der Waals surface area (Å²) in [6.07, 6.45) is 0.824. The number of nitrogens with zero attached hydrogens (tertiary/aromatic N) is 6. The summed E-state index contributed by atoms with van der Waals surface area (Å²) < 4.78 is 46.2. The van der Waals surface area contributed by atoms with E-state index in [4.69, 9.17) is 14.7 Å². The zero-order valence-electron chi connectivity index (χ0n) is 23.1. The number of pyridine rings is 1. The number of hydrogen-bond acceptors (Lipinski definition) is 7. The van der Waals surface area contributed by atoms with Crippen molar-refractivity contribution >= 4 is 17.0 Å². The summed E-state index contributed by atoms with van der Waals surface area (Å²) in [6, 6.07) is 19.4. The molecule has 0 aliphatic carbocycles. The van der Waals surface area contributed by atoms with Gasteiger partial charge in [0.25, 0.3) is 0 Å². The summed E-state index contributed by atoms with van der Waals surface area (Å²) in [5.74, 6) is 1.57. The summed E-state index contributed by atoms with van der Waals surface area (Å²) in [5, 5.41) is 3.62. The molecule has 0 unspecified atom stereocenters. The van der Waals surface area contributed by atoms with Gasteiger partial charge in [-0.1, -0.05) is 42.5 Å². The maximum Gasteiger partial charge on any atom is 0.416 e. The monoisotopic (exact) mass is 573 g/mol. The predicted octanol–water partition coefficient (Wildman–Crippen LogP) is 6.04. The Morgan fingerprint density at radius 3 is 2.29 bits per heavy atom. The van der Waals surface area contributed by atoms with Gasteiger partial charge in [-0.05, 0) is 42.2 Å². The van der Waals surface area contributed by atoms with Crippen LogP contribution in [-0.4, -0.2) is 55.6 Å². The third-order valence-electron chi connectivity index (χ3n) is 7.48. The van der Waals surface area contributed by atoms with E-state index >= 15 is 0 Å². The minimum Gasteiger partial charge on any atom is -0.481 e. The molecule has 6 rings (SSSR count). The quantitative estimate of drug-likeness (QED) is 0.242. The van der Waals surface area contributed by atoms with Crippen LogP contribution in [0.25, 0.3) is 22.6 Å². The second-order valence-corrected chi connectivity index (χ2v) is 10.4. The van der Waals surface area contributed by atoms with E-state index in [1.807, 2.05) is 16.7 Å². The fourth-order valence-corrected chi connectivity index (χ4v) is 5.19. The Balaban J connectivity index is 1.26. The van der Waals surface area contributed by atoms with Gasteiger partial charge in [0, 0.05) is 43.5 Å². The van der Waals surface area contributed by atoms with Crippen LogP contribution < -0.4 is 10.1 Å². The Bertz CT molecular complexity index is 1630. The smallest absolute Gasteiger partial charge is 0.416 e. The van der Waals surface area contributed by atoms with Gasteiger partial charge in [-0.15, -0.1) is 0 Å². The number of imidazole rings is 1. The number of anilines is 1. The molecule has 0 radical (unpaired) electrons. The summed E-state index contributed by atoms with van der Waals surface area (Å²) >= 11 is 0. The number of rotatable bonds is 8. The van der Waals surface area contributed by atoms with Crippen molar-refractivity contribution < 1.29 is 17.9 Å². The maximum atomic E-state index is 13.1. The van der Waals surface area contributed by atoms with Crippen molar-refractivity contribution in [2.75, 3.05) is 25.5 Å². The van der Waals surface area contributed by atoms with Crippen LogP contribution in [0.3, 0.4) is 0 Å². The lowest BCUT2D eigenvalue weighted by Gasteiger charge is -2.32. The topological polar surface area (TPSA) is 81.0 Å². The van der Waals surface area contributed by atoms with Gasteiger partial charge in [-0.25, -0.2) is 19.9 Å². The van der Waals surface area contributed by atoms with Crippen LogP contribution in [0.4, 0.5) is 19.0 Å². The molecule has 4 heterocycles. The van der Waals surface area contributed by atoms with E-state index in [-0.39, 0.29) is 6.04 Å². The molecule has 0 saturated carbocycles. The number of fused-ring (bicyclic) bond motifs is 1. The van der Waals surface area contributed by atoms with Gasteiger partial charge in [0.15, 0.2) is 17.3 Å². The van der Waals surface area contributed by atoms with E-state index in [0.717, 1.165) is 44.6 Å². The number of alkyl halides is 3. The Morgan fingerprint density at radius 1 is 0.881 bits per heavy atom. The molecular formula is C31H30F3N7O. The first-order valence-electron chi connectivity index (χ1n) is 13.8. The molecule has 2 aromatic carbocycles. The summed E-state index contributed by atoms with van der Waals surface area (Å²) in [5.41, 5.74) is 3.23. The normalized spacial score (nSPS) is 14.8. The maximum absolute atomic E-state index is 13.1. The third kappa shape index (κ3) is 6.20. The van der Waals surface area contributed by atoms with Crippen molar-refractivity contribution in [2.24, 2.45) is 0 Å². The molecule has 0 atom stereocenters. The molecule has 3 aromatic heterocycles. The van der Waals surface area contributed by atoms with E-state index < -0.39 is 11.7 Å². The fraction of sp³-hybridized carbons (Fsp3) is 0.290. The van der Waals surface area contributed by atoms with E-state index in [2.05, 4.69) is 44.5 Å². The lowest BCUT2D eigenvalue weighted by molar-refractivity contribution is -0.137. The van der Waals surface area contributed by atoms with Gasteiger partial charge in [-0.3, -0.25) is 4.90 Å². The Labute approximate surface area is 241 Å². The summed E-state index contributed by atoms with van der Waals surface area (Å²) in [7, 11) is 1.55. The third-order valence-corrected chi connectivity index (χ3v) is 7.48. The van der Waals surface area contributed by atoms with Crippen molar-refractivity contribution in [2.45, 2.75) is 38.1 Å². The Hall–Kier alpha value is -4.51. The molecule has 1 fully saturated rings. The molecule has 0 bridgehead atoms. The van der Waals surface area contributed by atoms with Crippen LogP contribution in [0.2, 0.25) is 0 Å². The number of piperidine rings is 1. The lowest BCUT2D eigenvalue weighted by Crippen LogP contribution is -2.38. The number of ether oxygens (including phenoxy) is 1. The molecule has 11 heteroatoms. The number of likely N-dealkylation sites (tertiary alicyclic amines) is 1. The number of aromatic nitrogens is 5. The van der Waals surface area contributed by atoms with Crippen LogP contribution in [0, 0.1) is 0 Å². The molecule has 1 N–H and O–H groups in total. The van der Waals surface area contributed by atoms with Crippen molar-refractivity contribution in [3.05, 3.63) is 95.9 Å². The van der Waals surface area contributed by atoms with Crippen molar-refractivity contribution in [3.63, 3.8) is 0 Å². The second-order valence-electron chi connectivity index (χ2n) is 10.4. The van der Waals surface area contributed by atoms with Crippen molar-refractivity contribution in [3.8, 4) is 17.3 Å². The SMILES string of the molecule is COc1ccc(-c2nc(NC3CCN(Cc4ccccc4)CC3)c3ncn(Cc4ccc(C(F)(F)F)cc4)c3n2)cn1. The average Bonchev–Trinajstić information content (AvgIpc) is 3.41. The zero-order chi connectivity index (χ0) is 29.1. The number of nitrogens with one attached hydrogen (secondary N) is 1. The lowest BCUT2D eigenvalue weighted by atomic mass is 10.0. The average molecular weight is 574 g/mol. The number of halogens is 3. The first-order chi connectivity index (χ1) is 20.4. The first-order valence-corrected chi connectivity index (χ1v) is 13.8.